The Morgan fingerprint density at radius 2 is 2.05 bits per heavy atom. The van der Waals surface area contributed by atoms with Crippen LogP contribution in [0.25, 0.3) is 0 Å². The molecule has 19 heavy (non-hydrogen) atoms. The molecular weight excluding hydrogens is 236 g/mol. The third-order valence-electron chi connectivity index (χ3n) is 3.69. The molecule has 1 aliphatic rings. The smallest absolute Gasteiger partial charge is 0.142 e. The molecule has 2 N–H and O–H groups in total. The Morgan fingerprint density at radius 1 is 1.32 bits per heavy atom. The van der Waals surface area contributed by atoms with E-state index in [1.165, 1.54) is 19.4 Å². The van der Waals surface area contributed by atoms with Crippen LogP contribution in [0, 0.1) is 5.92 Å². The maximum atomic E-state index is 5.85. The first-order valence-corrected chi connectivity index (χ1v) is 7.38. The second-order valence-electron chi connectivity index (χ2n) is 5.77. The lowest BCUT2D eigenvalue weighted by Crippen LogP contribution is -2.34. The van der Waals surface area contributed by atoms with Gasteiger partial charge in [0.15, 0.2) is 0 Å². The van der Waals surface area contributed by atoms with Crippen molar-refractivity contribution in [2.24, 2.45) is 5.92 Å². The van der Waals surface area contributed by atoms with E-state index in [9.17, 15) is 0 Å². The number of nitrogens with two attached hydrogens (primary N) is 1. The zero-order valence-corrected chi connectivity index (χ0v) is 12.1. The highest BCUT2D eigenvalue weighted by Gasteiger charge is 2.25. The van der Waals surface area contributed by atoms with Gasteiger partial charge in [-0.05, 0) is 51.2 Å². The minimum absolute atomic E-state index is 0.627. The first-order valence-electron chi connectivity index (χ1n) is 7.38. The SMILES string of the molecule is CC(C)N(CCCOc1ccccc1N)CC1CC1. The van der Waals surface area contributed by atoms with Gasteiger partial charge in [-0.3, -0.25) is 0 Å². The molecule has 1 aliphatic carbocycles. The third kappa shape index (κ3) is 4.75. The third-order valence-corrected chi connectivity index (χ3v) is 3.69. The van der Waals surface area contributed by atoms with E-state index in [2.05, 4.69) is 18.7 Å². The highest BCUT2D eigenvalue weighted by Crippen LogP contribution is 2.30. The predicted molar refractivity (Wildman–Crippen MR) is 80.4 cm³/mol. The van der Waals surface area contributed by atoms with Gasteiger partial charge in [0.25, 0.3) is 0 Å². The maximum absolute atomic E-state index is 5.85. The van der Waals surface area contributed by atoms with Crippen molar-refractivity contribution in [3.05, 3.63) is 24.3 Å². The number of benzene rings is 1. The van der Waals surface area contributed by atoms with E-state index < -0.39 is 0 Å². The standard InChI is InChI=1S/C16H26N2O/c1-13(2)18(12-14-8-9-14)10-5-11-19-16-7-4-3-6-15(16)17/h3-4,6-7,13-14H,5,8-12,17H2,1-2H3. The lowest BCUT2D eigenvalue weighted by atomic mass is 10.2. The molecule has 1 saturated carbocycles. The molecular formula is C16H26N2O. The molecule has 0 amide bonds. The fourth-order valence-corrected chi connectivity index (χ4v) is 2.25. The maximum Gasteiger partial charge on any atom is 0.142 e. The summed E-state index contributed by atoms with van der Waals surface area (Å²) >= 11 is 0. The molecule has 2 rings (SSSR count). The Morgan fingerprint density at radius 3 is 2.68 bits per heavy atom. The summed E-state index contributed by atoms with van der Waals surface area (Å²) in [6.45, 7) is 7.66. The van der Waals surface area contributed by atoms with E-state index >= 15 is 0 Å². The highest BCUT2D eigenvalue weighted by molar-refractivity contribution is 5.51. The van der Waals surface area contributed by atoms with Crippen molar-refractivity contribution in [1.82, 2.24) is 4.90 Å². The molecule has 0 bridgehead atoms. The first kappa shape index (κ1) is 14.2. The predicted octanol–water partition coefficient (Wildman–Crippen LogP) is 3.16. The van der Waals surface area contributed by atoms with E-state index in [1.807, 2.05) is 24.3 Å². The van der Waals surface area contributed by atoms with Crippen LogP contribution in [-0.2, 0) is 0 Å². The molecule has 0 radical (unpaired) electrons. The van der Waals surface area contributed by atoms with E-state index in [0.717, 1.165) is 36.9 Å². The van der Waals surface area contributed by atoms with Crippen LogP contribution >= 0.6 is 0 Å². The summed E-state index contributed by atoms with van der Waals surface area (Å²) in [4.78, 5) is 2.56. The Bertz CT molecular complexity index is 388. The summed E-state index contributed by atoms with van der Waals surface area (Å²) in [5.74, 6) is 1.76. The van der Waals surface area contributed by atoms with E-state index in [0.29, 0.717) is 6.04 Å². The number of nitrogen functional groups attached to an aromatic ring is 1. The van der Waals surface area contributed by atoms with Crippen LogP contribution in [0.15, 0.2) is 24.3 Å². The molecule has 1 aromatic carbocycles. The highest BCUT2D eigenvalue weighted by atomic mass is 16.5. The number of para-hydroxylation sites is 2. The summed E-state index contributed by atoms with van der Waals surface area (Å²) < 4.78 is 5.74. The van der Waals surface area contributed by atoms with Gasteiger partial charge >= 0.3 is 0 Å². The summed E-state index contributed by atoms with van der Waals surface area (Å²) in [7, 11) is 0. The molecule has 3 heteroatoms. The van der Waals surface area contributed by atoms with Gasteiger partial charge in [0.1, 0.15) is 5.75 Å². The molecule has 0 aromatic heterocycles. The quantitative estimate of drug-likeness (QED) is 0.578. The van der Waals surface area contributed by atoms with Crippen LogP contribution in [0.3, 0.4) is 0 Å². The average Bonchev–Trinajstić information content (AvgIpc) is 3.18. The van der Waals surface area contributed by atoms with Gasteiger partial charge in [0.05, 0.1) is 12.3 Å². The molecule has 1 fully saturated rings. The number of ether oxygens (including phenoxy) is 1. The summed E-state index contributed by atoms with van der Waals surface area (Å²) in [5.41, 5.74) is 6.57. The van der Waals surface area contributed by atoms with E-state index in [4.69, 9.17) is 10.5 Å². The number of hydrogen-bond acceptors (Lipinski definition) is 3. The van der Waals surface area contributed by atoms with Crippen LogP contribution in [0.1, 0.15) is 33.1 Å². The van der Waals surface area contributed by atoms with Crippen LogP contribution < -0.4 is 10.5 Å². The van der Waals surface area contributed by atoms with Crippen molar-refractivity contribution >= 4 is 5.69 Å². The molecule has 0 heterocycles. The molecule has 0 saturated heterocycles. The van der Waals surface area contributed by atoms with E-state index in [1.54, 1.807) is 0 Å². The minimum Gasteiger partial charge on any atom is -0.491 e. The van der Waals surface area contributed by atoms with Crippen molar-refractivity contribution in [2.75, 3.05) is 25.4 Å². The fourth-order valence-electron chi connectivity index (χ4n) is 2.25. The summed E-state index contributed by atoms with van der Waals surface area (Å²) in [6.07, 6.45) is 3.89. The monoisotopic (exact) mass is 262 g/mol. The summed E-state index contributed by atoms with van der Waals surface area (Å²) in [6, 6.07) is 8.32. The van der Waals surface area contributed by atoms with Gasteiger partial charge in [-0.2, -0.15) is 0 Å². The van der Waals surface area contributed by atoms with Crippen molar-refractivity contribution in [2.45, 2.75) is 39.2 Å². The molecule has 0 spiro atoms. The molecule has 0 atom stereocenters. The van der Waals surface area contributed by atoms with Gasteiger partial charge in [0.2, 0.25) is 0 Å². The molecule has 3 nitrogen and oxygen atoms in total. The normalized spacial score (nSPS) is 15.2. The van der Waals surface area contributed by atoms with Crippen LogP contribution in [0.4, 0.5) is 5.69 Å². The first-order chi connectivity index (χ1) is 9.16. The van der Waals surface area contributed by atoms with Crippen LogP contribution in [0.5, 0.6) is 5.75 Å². The topological polar surface area (TPSA) is 38.5 Å². The number of anilines is 1. The minimum atomic E-state index is 0.627. The lowest BCUT2D eigenvalue weighted by molar-refractivity contribution is 0.191. The van der Waals surface area contributed by atoms with E-state index in [-0.39, 0.29) is 0 Å². The largest absolute Gasteiger partial charge is 0.491 e. The fraction of sp³-hybridized carbons (Fsp3) is 0.625. The Kier molecular flexibility index (Phi) is 5.08. The van der Waals surface area contributed by atoms with Crippen molar-refractivity contribution in [3.63, 3.8) is 0 Å². The molecule has 0 unspecified atom stereocenters. The zero-order chi connectivity index (χ0) is 13.7. The van der Waals surface area contributed by atoms with Crippen molar-refractivity contribution in [1.29, 1.82) is 0 Å². The second kappa shape index (κ2) is 6.80. The van der Waals surface area contributed by atoms with Crippen molar-refractivity contribution < 1.29 is 4.74 Å². The lowest BCUT2D eigenvalue weighted by Gasteiger charge is -2.26. The van der Waals surface area contributed by atoms with Crippen LogP contribution in [-0.4, -0.2) is 30.6 Å². The second-order valence-corrected chi connectivity index (χ2v) is 5.77. The van der Waals surface area contributed by atoms with Gasteiger partial charge < -0.3 is 15.4 Å². The number of rotatable bonds is 8. The van der Waals surface area contributed by atoms with Gasteiger partial charge in [0, 0.05) is 19.1 Å². The number of hydrogen-bond donors (Lipinski definition) is 1. The zero-order valence-electron chi connectivity index (χ0n) is 12.1. The molecule has 0 aliphatic heterocycles. The van der Waals surface area contributed by atoms with Gasteiger partial charge in [-0.1, -0.05) is 12.1 Å². The number of nitrogens with zero attached hydrogens (tertiary/aromatic N) is 1. The Balaban J connectivity index is 1.68. The van der Waals surface area contributed by atoms with Gasteiger partial charge in [-0.25, -0.2) is 0 Å². The Labute approximate surface area is 116 Å². The summed E-state index contributed by atoms with van der Waals surface area (Å²) in [5, 5.41) is 0. The van der Waals surface area contributed by atoms with Crippen molar-refractivity contribution in [3.8, 4) is 5.75 Å². The molecule has 106 valence electrons. The average molecular weight is 262 g/mol. The van der Waals surface area contributed by atoms with Crippen LogP contribution in [0.2, 0.25) is 0 Å². The van der Waals surface area contributed by atoms with Gasteiger partial charge in [-0.15, -0.1) is 0 Å². The molecule has 1 aromatic rings. The Hall–Kier alpha value is -1.22.